The van der Waals surface area contributed by atoms with Crippen LogP contribution in [0.2, 0.25) is 0 Å². The van der Waals surface area contributed by atoms with Gasteiger partial charge in [-0.05, 0) is 12.1 Å². The zero-order valence-electron chi connectivity index (χ0n) is 9.36. The number of nitrogens with two attached hydrogens (primary N) is 1. The third kappa shape index (κ3) is 2.81. The van der Waals surface area contributed by atoms with E-state index in [4.69, 9.17) is 5.84 Å². The normalized spacial score (nSPS) is 9.95. The molecule has 19 heavy (non-hydrogen) atoms. The fourth-order valence-electron chi connectivity index (χ4n) is 1.35. The average molecular weight is 280 g/mol. The van der Waals surface area contributed by atoms with E-state index >= 15 is 0 Å². The lowest BCUT2D eigenvalue weighted by Gasteiger charge is -2.05. The lowest BCUT2D eigenvalue weighted by atomic mass is 10.1. The molecular weight excluding hydrogens is 272 g/mol. The number of amides is 1. The highest BCUT2D eigenvalue weighted by Crippen LogP contribution is 2.25. The third-order valence-corrected chi connectivity index (χ3v) is 2.79. The molecule has 0 bridgehead atoms. The Bertz CT molecular complexity index is 614. The minimum absolute atomic E-state index is 0.126. The van der Waals surface area contributed by atoms with Gasteiger partial charge in [0.15, 0.2) is 0 Å². The van der Waals surface area contributed by atoms with Crippen LogP contribution in [-0.4, -0.2) is 20.4 Å². The number of carbonyl (C=O) groups is 1. The Hall–Kier alpha value is -2.59. The van der Waals surface area contributed by atoms with Gasteiger partial charge in [0.1, 0.15) is 10.7 Å². The minimum atomic E-state index is -0.625. The summed E-state index contributed by atoms with van der Waals surface area (Å²) in [6.45, 7) is 0. The fraction of sp³-hybridized carbons (Fsp3) is 0. The van der Waals surface area contributed by atoms with Crippen LogP contribution in [0.15, 0.2) is 24.4 Å². The Morgan fingerprint density at radius 3 is 2.84 bits per heavy atom. The monoisotopic (exact) mass is 280 g/mol. The van der Waals surface area contributed by atoms with Crippen molar-refractivity contribution in [2.24, 2.45) is 5.84 Å². The second kappa shape index (κ2) is 5.37. The molecule has 2 rings (SSSR count). The summed E-state index contributed by atoms with van der Waals surface area (Å²) in [5.74, 6) is 4.67. The summed E-state index contributed by atoms with van der Waals surface area (Å²) in [6, 6.07) is 3.92. The molecule has 10 heteroatoms. The molecule has 0 radical (unpaired) electrons. The lowest BCUT2D eigenvalue weighted by molar-refractivity contribution is -0.384. The highest BCUT2D eigenvalue weighted by atomic mass is 32.1. The molecule has 0 saturated heterocycles. The molecular formula is C9H8N6O3S. The number of nitro benzene ring substituents is 1. The Balaban J connectivity index is 2.27. The number of nitrogens with zero attached hydrogens (tertiary/aromatic N) is 3. The van der Waals surface area contributed by atoms with Gasteiger partial charge in [-0.25, -0.2) is 0 Å². The molecule has 98 valence electrons. The summed E-state index contributed by atoms with van der Waals surface area (Å²) in [5.41, 5.74) is 2.18. The molecule has 0 fully saturated rings. The Kier molecular flexibility index (Phi) is 3.63. The lowest BCUT2D eigenvalue weighted by Crippen LogP contribution is -2.13. The number of nitrogen functional groups attached to an aromatic ring is 1. The van der Waals surface area contributed by atoms with Crippen LogP contribution in [0.4, 0.5) is 16.4 Å². The summed E-state index contributed by atoms with van der Waals surface area (Å²) in [4.78, 5) is 22.1. The van der Waals surface area contributed by atoms with E-state index in [1.165, 1.54) is 18.3 Å². The summed E-state index contributed by atoms with van der Waals surface area (Å²) in [6.07, 6.45) is 1.38. The standard InChI is InChI=1S/C9H8N6O3S/c10-13-6-2-1-5(3-7(6)15(17)18)9(16)12-8-4-11-14-19-8/h1-4,13H,10H2,(H,12,16). The van der Waals surface area contributed by atoms with Crippen molar-refractivity contribution in [2.45, 2.75) is 0 Å². The van der Waals surface area contributed by atoms with Crippen LogP contribution in [0.3, 0.4) is 0 Å². The topological polar surface area (TPSA) is 136 Å². The van der Waals surface area contributed by atoms with Crippen molar-refractivity contribution in [3.05, 3.63) is 40.1 Å². The van der Waals surface area contributed by atoms with Crippen molar-refractivity contribution >= 4 is 33.8 Å². The van der Waals surface area contributed by atoms with Crippen molar-refractivity contribution < 1.29 is 9.72 Å². The predicted octanol–water partition coefficient (Wildman–Crippen LogP) is 0.984. The maximum atomic E-state index is 11.9. The quantitative estimate of drug-likeness (QED) is 0.431. The molecule has 0 aliphatic carbocycles. The number of anilines is 2. The van der Waals surface area contributed by atoms with E-state index in [9.17, 15) is 14.9 Å². The van der Waals surface area contributed by atoms with E-state index in [2.05, 4.69) is 20.3 Å². The van der Waals surface area contributed by atoms with E-state index in [1.54, 1.807) is 0 Å². The number of benzene rings is 1. The number of rotatable bonds is 4. The van der Waals surface area contributed by atoms with E-state index in [-0.39, 0.29) is 16.9 Å². The van der Waals surface area contributed by atoms with Crippen LogP contribution in [-0.2, 0) is 0 Å². The number of nitro groups is 1. The van der Waals surface area contributed by atoms with Crippen molar-refractivity contribution in [3.63, 3.8) is 0 Å². The Labute approximate surface area is 110 Å². The predicted molar refractivity (Wildman–Crippen MR) is 68.8 cm³/mol. The maximum Gasteiger partial charge on any atom is 0.294 e. The molecule has 0 saturated carbocycles. The number of carbonyl (C=O) groups excluding carboxylic acids is 1. The van der Waals surface area contributed by atoms with Gasteiger partial charge in [-0.3, -0.25) is 20.8 Å². The second-order valence-electron chi connectivity index (χ2n) is 3.37. The van der Waals surface area contributed by atoms with Crippen LogP contribution in [0.1, 0.15) is 10.4 Å². The molecule has 0 spiro atoms. The Morgan fingerprint density at radius 1 is 1.47 bits per heavy atom. The molecule has 0 aliphatic heterocycles. The van der Waals surface area contributed by atoms with E-state index < -0.39 is 10.8 Å². The van der Waals surface area contributed by atoms with Crippen LogP contribution in [0.25, 0.3) is 0 Å². The number of hydrogen-bond acceptors (Lipinski definition) is 8. The first-order valence-electron chi connectivity index (χ1n) is 4.95. The Morgan fingerprint density at radius 2 is 2.26 bits per heavy atom. The molecule has 2 aromatic rings. The highest BCUT2D eigenvalue weighted by Gasteiger charge is 2.17. The molecule has 9 nitrogen and oxygen atoms in total. The smallest absolute Gasteiger partial charge is 0.294 e. The van der Waals surface area contributed by atoms with Gasteiger partial charge in [-0.2, -0.15) is 0 Å². The molecule has 0 aliphatic rings. The molecule has 1 aromatic carbocycles. The summed E-state index contributed by atoms with van der Waals surface area (Å²) >= 11 is 1.00. The number of hydrogen-bond donors (Lipinski definition) is 3. The van der Waals surface area contributed by atoms with Crippen LogP contribution in [0.5, 0.6) is 0 Å². The minimum Gasteiger partial charge on any atom is -0.318 e. The molecule has 1 amide bonds. The zero-order chi connectivity index (χ0) is 13.8. The molecule has 0 unspecified atom stereocenters. The first-order chi connectivity index (χ1) is 9.11. The molecule has 1 aromatic heterocycles. The van der Waals surface area contributed by atoms with Gasteiger partial charge in [0.2, 0.25) is 0 Å². The number of hydrazine groups is 1. The molecule has 4 N–H and O–H groups in total. The molecule has 0 atom stereocenters. The van der Waals surface area contributed by atoms with Gasteiger partial charge in [0, 0.05) is 23.2 Å². The summed E-state index contributed by atoms with van der Waals surface area (Å²) in [5, 5.41) is 17.4. The van der Waals surface area contributed by atoms with Gasteiger partial charge in [0.05, 0.1) is 11.1 Å². The van der Waals surface area contributed by atoms with Gasteiger partial charge in [-0.15, -0.1) is 5.10 Å². The highest BCUT2D eigenvalue weighted by molar-refractivity contribution is 7.10. The van der Waals surface area contributed by atoms with Crippen LogP contribution in [0, 0.1) is 10.1 Å². The van der Waals surface area contributed by atoms with Crippen molar-refractivity contribution in [3.8, 4) is 0 Å². The first-order valence-corrected chi connectivity index (χ1v) is 5.73. The second-order valence-corrected chi connectivity index (χ2v) is 4.15. The summed E-state index contributed by atoms with van der Waals surface area (Å²) < 4.78 is 3.58. The largest absolute Gasteiger partial charge is 0.318 e. The van der Waals surface area contributed by atoms with Crippen molar-refractivity contribution in [2.75, 3.05) is 10.7 Å². The van der Waals surface area contributed by atoms with Gasteiger partial charge in [-0.1, -0.05) is 4.49 Å². The van der Waals surface area contributed by atoms with E-state index in [0.717, 1.165) is 17.6 Å². The van der Waals surface area contributed by atoms with E-state index in [1.807, 2.05) is 0 Å². The number of nitrogens with one attached hydrogen (secondary N) is 2. The first kappa shape index (κ1) is 12.9. The SMILES string of the molecule is NNc1ccc(C(=O)Nc2cnns2)cc1[N+](=O)[O-]. The zero-order valence-corrected chi connectivity index (χ0v) is 10.2. The van der Waals surface area contributed by atoms with Crippen LogP contribution < -0.4 is 16.6 Å². The van der Waals surface area contributed by atoms with Gasteiger partial charge in [0.25, 0.3) is 11.6 Å². The summed E-state index contributed by atoms with van der Waals surface area (Å²) in [7, 11) is 0. The van der Waals surface area contributed by atoms with Gasteiger partial charge < -0.3 is 10.7 Å². The van der Waals surface area contributed by atoms with Crippen LogP contribution >= 0.6 is 11.5 Å². The average Bonchev–Trinajstić information content (AvgIpc) is 2.90. The fourth-order valence-corrected chi connectivity index (χ4v) is 1.77. The third-order valence-electron chi connectivity index (χ3n) is 2.21. The number of aromatic nitrogens is 2. The van der Waals surface area contributed by atoms with Crippen molar-refractivity contribution in [1.82, 2.24) is 9.59 Å². The van der Waals surface area contributed by atoms with E-state index in [0.29, 0.717) is 5.00 Å². The molecule has 1 heterocycles. The van der Waals surface area contributed by atoms with Gasteiger partial charge >= 0.3 is 0 Å². The maximum absolute atomic E-state index is 11.9. The van der Waals surface area contributed by atoms with Crippen molar-refractivity contribution in [1.29, 1.82) is 0 Å².